The number of rotatable bonds is 7. The van der Waals surface area contributed by atoms with Crippen LogP contribution in [0.2, 0.25) is 0 Å². The molecule has 2 aromatic heterocycles. The summed E-state index contributed by atoms with van der Waals surface area (Å²) >= 11 is 0. The molecule has 4 rings (SSSR count). The Bertz CT molecular complexity index is 1450. The second-order valence-corrected chi connectivity index (χ2v) is 8.73. The van der Waals surface area contributed by atoms with Crippen LogP contribution >= 0.6 is 0 Å². The molecule has 0 atom stereocenters. The smallest absolute Gasteiger partial charge is 0.381 e. The predicted octanol–water partition coefficient (Wildman–Crippen LogP) is 5.44. The third kappa shape index (κ3) is 8.16. The van der Waals surface area contributed by atoms with E-state index in [0.717, 1.165) is 34.6 Å². The fourth-order valence-electron chi connectivity index (χ4n) is 3.62. The highest BCUT2D eigenvalue weighted by atomic mass is 19.4. The van der Waals surface area contributed by atoms with E-state index in [1.807, 2.05) is 32.0 Å². The van der Waals surface area contributed by atoms with Gasteiger partial charge in [0.25, 0.3) is 5.91 Å². The van der Waals surface area contributed by atoms with Crippen LogP contribution in [0.4, 0.5) is 24.5 Å². The van der Waals surface area contributed by atoms with Gasteiger partial charge in [-0.05, 0) is 74.4 Å². The van der Waals surface area contributed by atoms with Gasteiger partial charge in [0.2, 0.25) is 6.41 Å². The van der Waals surface area contributed by atoms with Gasteiger partial charge in [-0.15, -0.1) is 0 Å². The number of anilines is 2. The third-order valence-electron chi connectivity index (χ3n) is 5.62. The lowest BCUT2D eigenvalue weighted by Crippen LogP contribution is -2.15. The van der Waals surface area contributed by atoms with Crippen molar-refractivity contribution in [2.45, 2.75) is 33.5 Å². The Morgan fingerprint density at radius 2 is 1.72 bits per heavy atom. The molecular weight excluding hydrogens is 509 g/mol. The minimum atomic E-state index is -4.57. The zero-order valence-corrected chi connectivity index (χ0v) is 21.9. The van der Waals surface area contributed by atoms with E-state index in [2.05, 4.69) is 25.9 Å². The summed E-state index contributed by atoms with van der Waals surface area (Å²) in [6.07, 6.45) is 0.812. The summed E-state index contributed by atoms with van der Waals surface area (Å²) in [7, 11) is 1.56. The number of amides is 2. The number of aromatic nitrogens is 3. The number of hydrogen-bond acceptors (Lipinski definition) is 5. The zero-order valence-electron chi connectivity index (χ0n) is 21.9. The number of carbonyl (C=O) groups excluding carboxylic acids is 2. The third-order valence-corrected chi connectivity index (χ3v) is 5.62. The maximum Gasteiger partial charge on any atom is 0.416 e. The van der Waals surface area contributed by atoms with Crippen LogP contribution in [0.5, 0.6) is 0 Å². The Kier molecular flexibility index (Phi) is 9.43. The summed E-state index contributed by atoms with van der Waals surface area (Å²) in [6, 6.07) is 12.4. The summed E-state index contributed by atoms with van der Waals surface area (Å²) in [5.41, 5.74) is 4.09. The van der Waals surface area contributed by atoms with Crippen LogP contribution in [-0.4, -0.2) is 33.9 Å². The molecule has 0 radical (unpaired) electrons. The number of pyridine rings is 1. The van der Waals surface area contributed by atoms with E-state index in [9.17, 15) is 18.0 Å². The number of hydrogen-bond donors (Lipinski definition) is 3. The summed E-state index contributed by atoms with van der Waals surface area (Å²) in [4.78, 5) is 30.3. The van der Waals surface area contributed by atoms with E-state index in [4.69, 9.17) is 4.79 Å². The molecule has 4 aromatic rings. The molecule has 2 heterocycles. The van der Waals surface area contributed by atoms with Gasteiger partial charge in [0.05, 0.1) is 17.6 Å². The average Bonchev–Trinajstić information content (AvgIpc) is 3.34. The molecule has 3 N–H and O–H groups in total. The number of nitrogens with one attached hydrogen (secondary N) is 3. The minimum absolute atomic E-state index is 0.0405. The fourth-order valence-corrected chi connectivity index (χ4v) is 3.62. The van der Waals surface area contributed by atoms with Gasteiger partial charge in [0.1, 0.15) is 0 Å². The number of halogens is 3. The van der Waals surface area contributed by atoms with Gasteiger partial charge in [0.15, 0.2) is 0 Å². The number of alkyl halides is 3. The Hall–Kier alpha value is -4.67. The van der Waals surface area contributed by atoms with Crippen molar-refractivity contribution in [3.05, 3.63) is 101 Å². The molecule has 0 aliphatic carbocycles. The lowest BCUT2D eigenvalue weighted by molar-refractivity contribution is -0.137. The fraction of sp³-hybridized carbons (Fsp3) is 0.214. The van der Waals surface area contributed by atoms with Crippen molar-refractivity contribution in [3.8, 4) is 5.69 Å². The van der Waals surface area contributed by atoms with Gasteiger partial charge in [0, 0.05) is 54.3 Å². The first-order valence-electron chi connectivity index (χ1n) is 11.9. The molecule has 0 saturated heterocycles. The van der Waals surface area contributed by atoms with Crippen LogP contribution in [-0.2, 0) is 17.5 Å². The van der Waals surface area contributed by atoms with E-state index in [1.54, 1.807) is 38.5 Å². The maximum absolute atomic E-state index is 13.5. The lowest BCUT2D eigenvalue weighted by Gasteiger charge is -2.14. The molecule has 0 aliphatic heterocycles. The lowest BCUT2D eigenvalue weighted by atomic mass is 10.0. The summed E-state index contributed by atoms with van der Waals surface area (Å²) in [5.74, 6) is -0.502. The molecule has 0 fully saturated rings. The second kappa shape index (κ2) is 12.7. The van der Waals surface area contributed by atoms with Crippen molar-refractivity contribution < 1.29 is 22.8 Å². The standard InChI is InChI=1S/C26H24F3N5O.C2H5NO/c1-16-4-5-19(9-20(16)13-31-22-6-7-30-17(2)8-22)25(35)33-23-10-21(26(27,28)29)11-24(12-23)34-14-18(3)32-15-34;1-3-2-4/h4-12,14-15H,13H2,1-3H3,(H,30,31)(H,33,35);2H,1H3,(H,3,4). The van der Waals surface area contributed by atoms with E-state index >= 15 is 0 Å². The van der Waals surface area contributed by atoms with Crippen LogP contribution in [0.25, 0.3) is 5.69 Å². The van der Waals surface area contributed by atoms with Gasteiger partial charge >= 0.3 is 6.18 Å². The normalized spacial score (nSPS) is 10.7. The highest BCUT2D eigenvalue weighted by Gasteiger charge is 2.31. The van der Waals surface area contributed by atoms with E-state index in [0.29, 0.717) is 24.2 Å². The number of nitrogens with zero attached hydrogens (tertiary/aromatic N) is 3. The van der Waals surface area contributed by atoms with Crippen LogP contribution in [0.1, 0.15) is 38.4 Å². The molecule has 8 nitrogen and oxygen atoms in total. The topological polar surface area (TPSA) is 101 Å². The van der Waals surface area contributed by atoms with Gasteiger partial charge in [-0.1, -0.05) is 6.07 Å². The van der Waals surface area contributed by atoms with Crippen LogP contribution in [0, 0.1) is 20.8 Å². The highest BCUT2D eigenvalue weighted by molar-refractivity contribution is 6.04. The van der Waals surface area contributed by atoms with E-state index in [-0.39, 0.29) is 11.4 Å². The maximum atomic E-state index is 13.5. The largest absolute Gasteiger partial charge is 0.416 e. The number of carbonyl (C=O) groups is 2. The molecule has 2 aromatic carbocycles. The number of imidazole rings is 1. The first kappa shape index (κ1) is 28.9. The van der Waals surface area contributed by atoms with Gasteiger partial charge in [-0.3, -0.25) is 14.6 Å². The molecule has 204 valence electrons. The Morgan fingerprint density at radius 3 is 2.33 bits per heavy atom. The molecule has 0 aliphatic rings. The monoisotopic (exact) mass is 538 g/mol. The highest BCUT2D eigenvalue weighted by Crippen LogP contribution is 2.33. The van der Waals surface area contributed by atoms with Crippen molar-refractivity contribution >= 4 is 23.7 Å². The average molecular weight is 539 g/mol. The Balaban J connectivity index is 0.000000983. The summed E-state index contributed by atoms with van der Waals surface area (Å²) in [6.45, 7) is 6.05. The predicted molar refractivity (Wildman–Crippen MR) is 144 cm³/mol. The quantitative estimate of drug-likeness (QED) is 0.272. The van der Waals surface area contributed by atoms with Crippen molar-refractivity contribution in [3.63, 3.8) is 0 Å². The first-order chi connectivity index (χ1) is 18.5. The van der Waals surface area contributed by atoms with Crippen molar-refractivity contribution in [2.24, 2.45) is 0 Å². The number of aryl methyl sites for hydroxylation is 3. The Labute approximate surface area is 224 Å². The van der Waals surface area contributed by atoms with Crippen LogP contribution in [0.3, 0.4) is 0 Å². The van der Waals surface area contributed by atoms with Crippen molar-refractivity contribution in [1.82, 2.24) is 19.9 Å². The van der Waals surface area contributed by atoms with E-state index in [1.165, 1.54) is 17.0 Å². The molecule has 0 bridgehead atoms. The Morgan fingerprint density at radius 1 is 0.974 bits per heavy atom. The first-order valence-corrected chi connectivity index (χ1v) is 11.9. The van der Waals surface area contributed by atoms with Crippen molar-refractivity contribution in [2.75, 3.05) is 17.7 Å². The van der Waals surface area contributed by atoms with Gasteiger partial charge in [-0.2, -0.15) is 13.2 Å². The second-order valence-electron chi connectivity index (χ2n) is 8.73. The molecule has 2 amide bonds. The molecule has 39 heavy (non-hydrogen) atoms. The summed E-state index contributed by atoms with van der Waals surface area (Å²) in [5, 5.41) is 8.17. The molecule has 0 unspecified atom stereocenters. The van der Waals surface area contributed by atoms with Crippen LogP contribution in [0.15, 0.2) is 67.3 Å². The SMILES string of the molecule is CNC=O.Cc1cc(NCc2cc(C(=O)Nc3cc(-n4cnc(C)c4)cc(C(F)(F)F)c3)ccc2C)ccn1. The van der Waals surface area contributed by atoms with Gasteiger partial charge < -0.3 is 20.5 Å². The van der Waals surface area contributed by atoms with Crippen LogP contribution < -0.4 is 16.0 Å². The molecule has 0 saturated carbocycles. The number of benzene rings is 2. The summed E-state index contributed by atoms with van der Waals surface area (Å²) < 4.78 is 42.1. The molecule has 11 heteroatoms. The zero-order chi connectivity index (χ0) is 28.6. The molecular formula is C28H29F3N6O2. The minimum Gasteiger partial charge on any atom is -0.381 e. The molecule has 0 spiro atoms. The van der Waals surface area contributed by atoms with Crippen molar-refractivity contribution in [1.29, 1.82) is 0 Å². The van der Waals surface area contributed by atoms with Gasteiger partial charge in [-0.25, -0.2) is 4.98 Å². The van der Waals surface area contributed by atoms with E-state index < -0.39 is 17.6 Å².